The highest BCUT2D eigenvalue weighted by atomic mass is 32.1. The number of carbonyl (C=O) groups excluding carboxylic acids is 1. The minimum atomic E-state index is -1.05. The Morgan fingerprint density at radius 3 is 2.88 bits per heavy atom. The maximum absolute atomic E-state index is 10.4. The summed E-state index contributed by atoms with van der Waals surface area (Å²) in [5.41, 5.74) is 0.638. The molecule has 0 unspecified atom stereocenters. The van der Waals surface area contributed by atoms with Crippen molar-refractivity contribution in [2.75, 3.05) is 19.6 Å². The van der Waals surface area contributed by atoms with Gasteiger partial charge in [0.25, 0.3) is 0 Å². The monoisotopic (exact) mass is 254 g/mol. The maximum atomic E-state index is 10.4. The molecule has 17 heavy (non-hydrogen) atoms. The first-order chi connectivity index (χ1) is 8.24. The standard InChI is InChI=1S/C12H18N2O2S/c15-12(16)8-10-9-17-11(13-10)4-7-14-5-2-1-3-6-14/h9H,1-8H2,(H,15,16). The third-order valence-electron chi connectivity index (χ3n) is 3.18. The molecule has 0 bridgehead atoms. The van der Waals surface area contributed by atoms with Crippen molar-refractivity contribution in [3.63, 3.8) is 0 Å². The highest BCUT2D eigenvalue weighted by Crippen LogP contribution is 2.10. The van der Waals surface area contributed by atoms with Crippen LogP contribution in [-0.4, -0.2) is 30.6 Å². The summed E-state index contributed by atoms with van der Waals surface area (Å²) in [5, 5.41) is 13.3. The summed E-state index contributed by atoms with van der Waals surface area (Å²) in [6.07, 6.45) is 4.95. The molecule has 0 radical (unpaired) electrons. The highest BCUT2D eigenvalue weighted by molar-refractivity contribution is 7.09. The molecule has 4 nitrogen and oxygen atoms in total. The summed E-state index contributed by atoms with van der Waals surface area (Å²) in [4.78, 5) is 16.4. The molecule has 1 N–H and O–H groups in total. The van der Waals surface area contributed by atoms with E-state index >= 15 is 0 Å². The molecule has 0 aliphatic carbocycles. The first-order valence-corrected chi connectivity index (χ1v) is 7.08. The van der Waals surface area contributed by atoms with Gasteiger partial charge in [-0.1, -0.05) is 0 Å². The van der Waals surface area contributed by atoms with Crippen LogP contribution < -0.4 is 10.0 Å². The van der Waals surface area contributed by atoms with Crippen molar-refractivity contribution in [2.24, 2.45) is 0 Å². The SMILES string of the molecule is O=C([O-])Cc1csc(CC[NH+]2CCCCC2)n1. The third kappa shape index (κ3) is 4.09. The molecule has 1 saturated heterocycles. The fourth-order valence-electron chi connectivity index (χ4n) is 2.28. The zero-order chi connectivity index (χ0) is 12.1. The Morgan fingerprint density at radius 1 is 1.41 bits per heavy atom. The number of quaternary nitrogens is 1. The molecule has 0 atom stereocenters. The van der Waals surface area contributed by atoms with Crippen molar-refractivity contribution in [3.05, 3.63) is 16.1 Å². The van der Waals surface area contributed by atoms with Crippen molar-refractivity contribution in [1.82, 2.24) is 4.98 Å². The van der Waals surface area contributed by atoms with Crippen molar-refractivity contribution in [3.8, 4) is 0 Å². The summed E-state index contributed by atoms with van der Waals surface area (Å²) < 4.78 is 0. The highest BCUT2D eigenvalue weighted by Gasteiger charge is 2.13. The lowest BCUT2D eigenvalue weighted by molar-refractivity contribution is -0.904. The second-order valence-corrected chi connectivity index (χ2v) is 5.53. The smallest absolute Gasteiger partial charge is 0.0984 e. The number of nitrogens with one attached hydrogen (secondary N) is 1. The van der Waals surface area contributed by atoms with E-state index in [-0.39, 0.29) is 6.42 Å². The van der Waals surface area contributed by atoms with E-state index in [4.69, 9.17) is 0 Å². The Bertz CT molecular complexity index is 372. The lowest BCUT2D eigenvalue weighted by atomic mass is 10.1. The van der Waals surface area contributed by atoms with Crippen LogP contribution in [0.1, 0.15) is 30.0 Å². The number of piperidine rings is 1. The zero-order valence-electron chi connectivity index (χ0n) is 9.91. The van der Waals surface area contributed by atoms with Crippen LogP contribution in [0.5, 0.6) is 0 Å². The average molecular weight is 254 g/mol. The van der Waals surface area contributed by atoms with Crippen LogP contribution in [0, 0.1) is 0 Å². The van der Waals surface area contributed by atoms with Crippen LogP contribution in [0.2, 0.25) is 0 Å². The molecule has 0 amide bonds. The summed E-state index contributed by atoms with van der Waals surface area (Å²) in [5.74, 6) is -1.05. The van der Waals surface area contributed by atoms with Crippen molar-refractivity contribution < 1.29 is 14.8 Å². The fourth-order valence-corrected chi connectivity index (χ4v) is 3.08. The molecular weight excluding hydrogens is 236 g/mol. The van der Waals surface area contributed by atoms with E-state index in [2.05, 4.69) is 4.98 Å². The molecule has 1 aliphatic heterocycles. The van der Waals surface area contributed by atoms with Gasteiger partial charge in [-0.25, -0.2) is 4.98 Å². The Hall–Kier alpha value is -0.940. The Labute approximate surface area is 105 Å². The summed E-state index contributed by atoms with van der Waals surface area (Å²) in [7, 11) is 0. The number of carboxylic acid groups (broad SMARTS) is 1. The van der Waals surface area contributed by atoms with Gasteiger partial charge in [-0.3, -0.25) is 0 Å². The number of likely N-dealkylation sites (tertiary alicyclic amines) is 1. The first kappa shape index (κ1) is 12.5. The van der Waals surface area contributed by atoms with Crippen LogP contribution >= 0.6 is 11.3 Å². The molecule has 1 fully saturated rings. The molecule has 1 aliphatic rings. The summed E-state index contributed by atoms with van der Waals surface area (Å²) in [6, 6.07) is 0. The van der Waals surface area contributed by atoms with Crippen LogP contribution in [0.25, 0.3) is 0 Å². The van der Waals surface area contributed by atoms with Crippen LogP contribution in [0.4, 0.5) is 0 Å². The second kappa shape index (κ2) is 6.12. The van der Waals surface area contributed by atoms with Crippen molar-refractivity contribution in [1.29, 1.82) is 0 Å². The number of rotatable bonds is 5. The van der Waals surface area contributed by atoms with E-state index in [0.29, 0.717) is 5.69 Å². The Balaban J connectivity index is 1.78. The lowest BCUT2D eigenvalue weighted by Gasteiger charge is -2.22. The molecule has 2 heterocycles. The number of hydrogen-bond donors (Lipinski definition) is 1. The average Bonchev–Trinajstić information content (AvgIpc) is 2.75. The Kier molecular flexibility index (Phi) is 4.50. The maximum Gasteiger partial charge on any atom is 0.0984 e. The van der Waals surface area contributed by atoms with Gasteiger partial charge in [-0.05, 0) is 19.3 Å². The number of aromatic nitrogens is 1. The molecular formula is C12H18N2O2S. The van der Waals surface area contributed by atoms with Crippen molar-refractivity contribution >= 4 is 17.3 Å². The predicted molar refractivity (Wildman–Crippen MR) is 63.9 cm³/mol. The van der Waals surface area contributed by atoms with E-state index < -0.39 is 5.97 Å². The fraction of sp³-hybridized carbons (Fsp3) is 0.667. The first-order valence-electron chi connectivity index (χ1n) is 6.21. The van der Waals surface area contributed by atoms with E-state index in [1.165, 1.54) is 32.4 Å². The van der Waals surface area contributed by atoms with Crippen LogP contribution in [0.3, 0.4) is 0 Å². The quantitative estimate of drug-likeness (QED) is 0.737. The van der Waals surface area contributed by atoms with Gasteiger partial charge in [0.15, 0.2) is 0 Å². The number of aliphatic carboxylic acids is 1. The molecule has 94 valence electrons. The van der Waals surface area contributed by atoms with Crippen LogP contribution in [-0.2, 0) is 17.6 Å². The van der Waals surface area contributed by atoms with E-state index in [1.807, 2.05) is 5.38 Å². The van der Waals surface area contributed by atoms with Gasteiger partial charge in [-0.2, -0.15) is 0 Å². The number of carboxylic acids is 1. The van der Waals surface area contributed by atoms with Gasteiger partial charge in [-0.15, -0.1) is 11.3 Å². The minimum Gasteiger partial charge on any atom is -0.550 e. The van der Waals surface area contributed by atoms with Gasteiger partial charge in [0.05, 0.1) is 30.3 Å². The van der Waals surface area contributed by atoms with E-state index in [9.17, 15) is 9.90 Å². The molecule has 2 rings (SSSR count). The van der Waals surface area contributed by atoms with Gasteiger partial charge in [0.2, 0.25) is 0 Å². The number of carbonyl (C=O) groups is 1. The van der Waals surface area contributed by atoms with Crippen molar-refractivity contribution in [2.45, 2.75) is 32.1 Å². The summed E-state index contributed by atoms with van der Waals surface area (Å²) >= 11 is 1.56. The second-order valence-electron chi connectivity index (χ2n) is 4.59. The molecule has 0 aromatic carbocycles. The molecule has 1 aromatic rings. The minimum absolute atomic E-state index is 0.0624. The van der Waals surface area contributed by atoms with E-state index in [0.717, 1.165) is 18.0 Å². The zero-order valence-corrected chi connectivity index (χ0v) is 10.7. The molecule has 5 heteroatoms. The van der Waals surface area contributed by atoms with E-state index in [1.54, 1.807) is 16.2 Å². The van der Waals surface area contributed by atoms with Crippen LogP contribution in [0.15, 0.2) is 5.38 Å². The van der Waals surface area contributed by atoms with Gasteiger partial charge in [0.1, 0.15) is 0 Å². The number of hydrogen-bond acceptors (Lipinski definition) is 4. The van der Waals surface area contributed by atoms with Gasteiger partial charge in [0, 0.05) is 24.2 Å². The normalized spacial score (nSPS) is 17.2. The number of thiazole rings is 1. The molecule has 0 spiro atoms. The third-order valence-corrected chi connectivity index (χ3v) is 4.14. The van der Waals surface area contributed by atoms with Gasteiger partial charge >= 0.3 is 0 Å². The lowest BCUT2D eigenvalue weighted by Crippen LogP contribution is -3.13. The number of nitrogens with zero attached hydrogens (tertiary/aromatic N) is 1. The Morgan fingerprint density at radius 2 is 2.18 bits per heavy atom. The van der Waals surface area contributed by atoms with Gasteiger partial charge < -0.3 is 14.8 Å². The molecule has 0 saturated carbocycles. The molecule has 1 aromatic heterocycles. The largest absolute Gasteiger partial charge is 0.550 e. The topological polar surface area (TPSA) is 57.5 Å². The summed E-state index contributed by atoms with van der Waals surface area (Å²) in [6.45, 7) is 3.67. The predicted octanol–water partition coefficient (Wildman–Crippen LogP) is -0.953.